The summed E-state index contributed by atoms with van der Waals surface area (Å²) in [6.07, 6.45) is 0.0927. The summed E-state index contributed by atoms with van der Waals surface area (Å²) in [6.45, 7) is 2.18. The van der Waals surface area contributed by atoms with E-state index in [1.54, 1.807) is 4.90 Å². The van der Waals surface area contributed by atoms with E-state index in [1.807, 2.05) is 37.3 Å². The molecular formula is C22H22F3N3O3. The van der Waals surface area contributed by atoms with Crippen molar-refractivity contribution in [2.45, 2.75) is 19.4 Å². The number of nitrogens with one attached hydrogen (secondary N) is 2. The van der Waals surface area contributed by atoms with Crippen LogP contribution < -0.4 is 10.6 Å². The highest BCUT2D eigenvalue weighted by molar-refractivity contribution is 5.94. The van der Waals surface area contributed by atoms with Crippen LogP contribution in [0.2, 0.25) is 0 Å². The second-order valence-electron chi connectivity index (χ2n) is 7.30. The predicted octanol–water partition coefficient (Wildman–Crippen LogP) is 2.56. The first kappa shape index (κ1) is 22.3. The zero-order valence-electron chi connectivity index (χ0n) is 16.8. The van der Waals surface area contributed by atoms with Crippen molar-refractivity contribution in [1.29, 1.82) is 0 Å². The van der Waals surface area contributed by atoms with Crippen LogP contribution in [0.3, 0.4) is 0 Å². The third kappa shape index (κ3) is 5.04. The third-order valence-electron chi connectivity index (χ3n) is 5.27. The minimum atomic E-state index is -1.72. The lowest BCUT2D eigenvalue weighted by atomic mass is 10.1. The number of carbonyl (C=O) groups is 3. The Kier molecular flexibility index (Phi) is 6.94. The largest absolute Gasteiger partial charge is 0.354 e. The lowest BCUT2D eigenvalue weighted by Crippen LogP contribution is -2.38. The molecule has 2 aromatic rings. The van der Waals surface area contributed by atoms with E-state index < -0.39 is 34.8 Å². The Hall–Kier alpha value is -3.36. The summed E-state index contributed by atoms with van der Waals surface area (Å²) in [6, 6.07) is 10.8. The molecule has 1 saturated heterocycles. The van der Waals surface area contributed by atoms with Crippen molar-refractivity contribution in [3.8, 4) is 0 Å². The first-order valence-corrected chi connectivity index (χ1v) is 9.83. The highest BCUT2D eigenvalue weighted by Gasteiger charge is 2.36. The van der Waals surface area contributed by atoms with Crippen LogP contribution in [0.25, 0.3) is 0 Å². The molecule has 9 heteroatoms. The van der Waals surface area contributed by atoms with Crippen LogP contribution in [0.5, 0.6) is 0 Å². The first-order valence-electron chi connectivity index (χ1n) is 9.83. The number of carbonyl (C=O) groups excluding carboxylic acids is 3. The maximum Gasteiger partial charge on any atom is 0.254 e. The van der Waals surface area contributed by atoms with Crippen LogP contribution in [-0.2, 0) is 9.59 Å². The summed E-state index contributed by atoms with van der Waals surface area (Å²) in [4.78, 5) is 38.3. The monoisotopic (exact) mass is 433 g/mol. The number of hydrogen-bond donors (Lipinski definition) is 2. The van der Waals surface area contributed by atoms with Crippen molar-refractivity contribution in [2.75, 3.05) is 19.6 Å². The fourth-order valence-electron chi connectivity index (χ4n) is 3.50. The molecule has 0 aromatic heterocycles. The Bertz CT molecular complexity index is 985. The molecule has 6 nitrogen and oxygen atoms in total. The normalized spacial score (nSPS) is 16.8. The number of hydrogen-bond acceptors (Lipinski definition) is 3. The molecule has 2 unspecified atom stereocenters. The molecule has 0 radical (unpaired) electrons. The lowest BCUT2D eigenvalue weighted by molar-refractivity contribution is -0.130. The van der Waals surface area contributed by atoms with Gasteiger partial charge in [-0.15, -0.1) is 0 Å². The Morgan fingerprint density at radius 1 is 1.03 bits per heavy atom. The van der Waals surface area contributed by atoms with Crippen molar-refractivity contribution in [3.05, 3.63) is 71.0 Å². The van der Waals surface area contributed by atoms with Crippen molar-refractivity contribution in [3.63, 3.8) is 0 Å². The van der Waals surface area contributed by atoms with Gasteiger partial charge in [-0.3, -0.25) is 14.4 Å². The van der Waals surface area contributed by atoms with Gasteiger partial charge in [0.15, 0.2) is 17.5 Å². The van der Waals surface area contributed by atoms with Crippen LogP contribution in [0, 0.1) is 23.4 Å². The highest BCUT2D eigenvalue weighted by Crippen LogP contribution is 2.28. The summed E-state index contributed by atoms with van der Waals surface area (Å²) in [7, 11) is 0. The second-order valence-corrected chi connectivity index (χ2v) is 7.30. The maximum atomic E-state index is 13.6. The fourth-order valence-corrected chi connectivity index (χ4v) is 3.50. The van der Waals surface area contributed by atoms with E-state index in [1.165, 1.54) is 0 Å². The quantitative estimate of drug-likeness (QED) is 0.521. The molecular weight excluding hydrogens is 411 g/mol. The van der Waals surface area contributed by atoms with Gasteiger partial charge in [-0.1, -0.05) is 30.3 Å². The number of rotatable bonds is 7. The van der Waals surface area contributed by atoms with Crippen molar-refractivity contribution < 1.29 is 27.6 Å². The molecule has 2 aromatic carbocycles. The Labute approximate surface area is 177 Å². The minimum absolute atomic E-state index is 0.0365. The molecule has 2 N–H and O–H groups in total. The Balaban J connectivity index is 1.47. The molecule has 0 spiro atoms. The molecule has 0 aliphatic carbocycles. The summed E-state index contributed by atoms with van der Waals surface area (Å²) in [5.41, 5.74) is 0.348. The van der Waals surface area contributed by atoms with Gasteiger partial charge in [0.1, 0.15) is 0 Å². The number of benzene rings is 2. The summed E-state index contributed by atoms with van der Waals surface area (Å²) in [5, 5.41) is 4.96. The van der Waals surface area contributed by atoms with Crippen molar-refractivity contribution in [2.24, 2.45) is 5.92 Å². The summed E-state index contributed by atoms with van der Waals surface area (Å²) >= 11 is 0. The van der Waals surface area contributed by atoms with Crippen LogP contribution >= 0.6 is 0 Å². The van der Waals surface area contributed by atoms with Crippen LogP contribution in [0.4, 0.5) is 13.2 Å². The molecule has 2 atom stereocenters. The average Bonchev–Trinajstić information content (AvgIpc) is 3.16. The van der Waals surface area contributed by atoms with E-state index in [-0.39, 0.29) is 43.9 Å². The van der Waals surface area contributed by atoms with Crippen LogP contribution in [0.15, 0.2) is 42.5 Å². The number of likely N-dealkylation sites (tertiary alicyclic amines) is 1. The van der Waals surface area contributed by atoms with Gasteiger partial charge in [-0.25, -0.2) is 13.2 Å². The summed E-state index contributed by atoms with van der Waals surface area (Å²) in [5.74, 6) is -6.56. The zero-order chi connectivity index (χ0) is 22.5. The van der Waals surface area contributed by atoms with Crippen LogP contribution in [-0.4, -0.2) is 42.3 Å². The van der Waals surface area contributed by atoms with Gasteiger partial charge in [0.05, 0.1) is 17.5 Å². The van der Waals surface area contributed by atoms with Gasteiger partial charge >= 0.3 is 0 Å². The maximum absolute atomic E-state index is 13.6. The smallest absolute Gasteiger partial charge is 0.254 e. The highest BCUT2D eigenvalue weighted by atomic mass is 19.2. The molecule has 31 heavy (non-hydrogen) atoms. The minimum Gasteiger partial charge on any atom is -0.354 e. The zero-order valence-corrected chi connectivity index (χ0v) is 16.8. The van der Waals surface area contributed by atoms with Crippen molar-refractivity contribution in [1.82, 2.24) is 15.5 Å². The van der Waals surface area contributed by atoms with E-state index >= 15 is 0 Å². The molecule has 3 amide bonds. The molecule has 1 fully saturated rings. The number of nitrogens with zero attached hydrogens (tertiary/aromatic N) is 1. The van der Waals surface area contributed by atoms with E-state index in [2.05, 4.69) is 10.6 Å². The van der Waals surface area contributed by atoms with Crippen LogP contribution in [0.1, 0.15) is 35.3 Å². The van der Waals surface area contributed by atoms with E-state index in [0.29, 0.717) is 6.07 Å². The molecule has 1 aliphatic heterocycles. The van der Waals surface area contributed by atoms with E-state index in [0.717, 1.165) is 11.6 Å². The number of halogens is 3. The Morgan fingerprint density at radius 2 is 1.71 bits per heavy atom. The molecule has 3 rings (SSSR count). The lowest BCUT2D eigenvalue weighted by Gasteiger charge is -2.25. The first-order chi connectivity index (χ1) is 14.8. The van der Waals surface area contributed by atoms with Gasteiger partial charge in [0.2, 0.25) is 11.8 Å². The van der Waals surface area contributed by atoms with Gasteiger partial charge in [-0.05, 0) is 24.6 Å². The molecule has 0 saturated carbocycles. The van der Waals surface area contributed by atoms with Crippen molar-refractivity contribution >= 4 is 17.7 Å². The standard InChI is InChI=1S/C22H22F3N3O3/c1-13(14-5-3-2-4-6-14)28-12-15(11-18(28)29)21(30)26-9-10-27-22(31)16-7-8-17(23)20(25)19(16)24/h2-8,13,15H,9-12H2,1H3,(H,26,30)(H,27,31). The van der Waals surface area contributed by atoms with Gasteiger partial charge < -0.3 is 15.5 Å². The van der Waals surface area contributed by atoms with E-state index in [4.69, 9.17) is 0 Å². The SMILES string of the molecule is CC(c1ccccc1)N1CC(C(=O)NCCNC(=O)c2ccc(F)c(F)c2F)CC1=O. The molecule has 0 bridgehead atoms. The molecule has 1 heterocycles. The molecule has 1 aliphatic rings. The fraction of sp³-hybridized carbons (Fsp3) is 0.318. The predicted molar refractivity (Wildman–Crippen MR) is 106 cm³/mol. The third-order valence-corrected chi connectivity index (χ3v) is 5.27. The van der Waals surface area contributed by atoms with Gasteiger partial charge in [0, 0.05) is 26.1 Å². The Morgan fingerprint density at radius 3 is 2.42 bits per heavy atom. The summed E-state index contributed by atoms with van der Waals surface area (Å²) < 4.78 is 39.8. The number of amides is 3. The topological polar surface area (TPSA) is 78.5 Å². The second kappa shape index (κ2) is 9.63. The average molecular weight is 433 g/mol. The van der Waals surface area contributed by atoms with Gasteiger partial charge in [-0.2, -0.15) is 0 Å². The van der Waals surface area contributed by atoms with Gasteiger partial charge in [0.25, 0.3) is 5.91 Å². The van der Waals surface area contributed by atoms with E-state index in [9.17, 15) is 27.6 Å². The molecule has 164 valence electrons.